The van der Waals surface area contributed by atoms with Crippen molar-refractivity contribution in [2.24, 2.45) is 5.73 Å². The molecule has 116 valence electrons. The number of morpholine rings is 1. The number of hydrogen-bond donors (Lipinski definition) is 2. The molecule has 1 atom stereocenters. The zero-order chi connectivity index (χ0) is 15.4. The maximum Gasteiger partial charge on any atom is 0.238 e. The van der Waals surface area contributed by atoms with E-state index in [0.717, 1.165) is 25.7 Å². The number of carbonyl (C=O) groups is 1. The van der Waals surface area contributed by atoms with E-state index < -0.39 is 0 Å². The topological polar surface area (TPSA) is 67.6 Å². The smallest absolute Gasteiger partial charge is 0.238 e. The van der Waals surface area contributed by atoms with Gasteiger partial charge in [-0.15, -0.1) is 0 Å². The predicted molar refractivity (Wildman–Crippen MR) is 93.4 cm³/mol. The fourth-order valence-corrected chi connectivity index (χ4v) is 4.57. The second kappa shape index (κ2) is 8.03. The van der Waals surface area contributed by atoms with Gasteiger partial charge in [0.05, 0.1) is 24.9 Å². The van der Waals surface area contributed by atoms with Crippen LogP contribution < -0.4 is 11.1 Å². The number of nitrogens with two attached hydrogens (primary N) is 1. The van der Waals surface area contributed by atoms with E-state index in [1.165, 1.54) is 0 Å². The van der Waals surface area contributed by atoms with E-state index in [0.29, 0.717) is 26.2 Å². The molecule has 1 aliphatic heterocycles. The quantitative estimate of drug-likeness (QED) is 0.688. The SMILES string of the molecule is NCC1CN(CC(=O)Nc2c(Br)cc(Br)cc2Br)CCO1. The van der Waals surface area contributed by atoms with Crippen LogP contribution in [-0.4, -0.2) is 49.7 Å². The van der Waals surface area contributed by atoms with Crippen molar-refractivity contribution >= 4 is 59.4 Å². The summed E-state index contributed by atoms with van der Waals surface area (Å²) in [6.45, 7) is 2.84. The fourth-order valence-electron chi connectivity index (χ4n) is 2.11. The number of hydrogen-bond acceptors (Lipinski definition) is 4. The van der Waals surface area contributed by atoms with Crippen molar-refractivity contribution in [3.63, 3.8) is 0 Å². The Hall–Kier alpha value is 0.01000. The van der Waals surface area contributed by atoms with Crippen LogP contribution >= 0.6 is 47.8 Å². The van der Waals surface area contributed by atoms with Crippen molar-refractivity contribution in [1.82, 2.24) is 4.90 Å². The molecule has 1 saturated heterocycles. The summed E-state index contributed by atoms with van der Waals surface area (Å²) in [4.78, 5) is 14.2. The maximum atomic E-state index is 12.2. The number of amides is 1. The molecule has 1 heterocycles. The van der Waals surface area contributed by atoms with E-state index in [2.05, 4.69) is 58.0 Å². The predicted octanol–water partition coefficient (Wildman–Crippen LogP) is 2.57. The van der Waals surface area contributed by atoms with Crippen LogP contribution in [0.1, 0.15) is 0 Å². The third-order valence-electron chi connectivity index (χ3n) is 3.12. The van der Waals surface area contributed by atoms with Gasteiger partial charge in [0.2, 0.25) is 5.91 Å². The average Bonchev–Trinajstić information content (AvgIpc) is 2.43. The van der Waals surface area contributed by atoms with Crippen LogP contribution in [0.25, 0.3) is 0 Å². The Balaban J connectivity index is 1.96. The third kappa shape index (κ3) is 5.01. The first-order valence-corrected chi connectivity index (χ1v) is 8.86. The van der Waals surface area contributed by atoms with Gasteiger partial charge in [-0.05, 0) is 44.0 Å². The van der Waals surface area contributed by atoms with Crippen LogP contribution in [0.4, 0.5) is 5.69 Å². The van der Waals surface area contributed by atoms with Gasteiger partial charge in [-0.25, -0.2) is 0 Å². The number of nitrogens with one attached hydrogen (secondary N) is 1. The summed E-state index contributed by atoms with van der Waals surface area (Å²) in [7, 11) is 0. The first kappa shape index (κ1) is 17.4. The summed E-state index contributed by atoms with van der Waals surface area (Å²) < 4.78 is 8.06. The van der Waals surface area contributed by atoms with E-state index in [1.807, 2.05) is 12.1 Å². The van der Waals surface area contributed by atoms with E-state index in [-0.39, 0.29) is 12.0 Å². The number of ether oxygens (including phenoxy) is 1. The Morgan fingerprint density at radius 2 is 2.05 bits per heavy atom. The summed E-state index contributed by atoms with van der Waals surface area (Å²) in [6.07, 6.45) is 0.0118. The van der Waals surface area contributed by atoms with Crippen LogP contribution in [0.2, 0.25) is 0 Å². The lowest BCUT2D eigenvalue weighted by Gasteiger charge is -2.31. The monoisotopic (exact) mass is 483 g/mol. The van der Waals surface area contributed by atoms with Gasteiger partial charge in [-0.1, -0.05) is 15.9 Å². The standard InChI is InChI=1S/C13H16Br3N3O2/c14-8-3-10(15)13(11(16)4-8)18-12(20)7-19-1-2-21-9(5-17)6-19/h3-4,9H,1-2,5-7,17H2,(H,18,20). The van der Waals surface area contributed by atoms with E-state index in [1.54, 1.807) is 0 Å². The van der Waals surface area contributed by atoms with Crippen LogP contribution in [-0.2, 0) is 9.53 Å². The number of benzene rings is 1. The van der Waals surface area contributed by atoms with Crippen molar-refractivity contribution in [1.29, 1.82) is 0 Å². The van der Waals surface area contributed by atoms with Crippen LogP contribution in [0.3, 0.4) is 0 Å². The Morgan fingerprint density at radius 3 is 2.67 bits per heavy atom. The van der Waals surface area contributed by atoms with Crippen LogP contribution in [0.15, 0.2) is 25.6 Å². The van der Waals surface area contributed by atoms with Crippen molar-refractivity contribution in [3.05, 3.63) is 25.6 Å². The Kier molecular flexibility index (Phi) is 6.64. The van der Waals surface area contributed by atoms with Crippen LogP contribution in [0, 0.1) is 0 Å². The molecular formula is C13H16Br3N3O2. The number of anilines is 1. The molecule has 0 spiro atoms. The van der Waals surface area contributed by atoms with E-state index in [9.17, 15) is 4.79 Å². The number of halogens is 3. The van der Waals surface area contributed by atoms with Gasteiger partial charge in [0.15, 0.2) is 0 Å². The Labute approximate surface area is 149 Å². The van der Waals surface area contributed by atoms with E-state index >= 15 is 0 Å². The summed E-state index contributed by atoms with van der Waals surface area (Å²) in [6, 6.07) is 3.78. The highest BCUT2D eigenvalue weighted by atomic mass is 79.9. The molecule has 0 aliphatic carbocycles. The van der Waals surface area contributed by atoms with Gasteiger partial charge in [0, 0.05) is 33.1 Å². The maximum absolute atomic E-state index is 12.2. The van der Waals surface area contributed by atoms with Gasteiger partial charge < -0.3 is 15.8 Å². The fraction of sp³-hybridized carbons (Fsp3) is 0.462. The lowest BCUT2D eigenvalue weighted by atomic mass is 10.2. The summed E-state index contributed by atoms with van der Waals surface area (Å²) in [5.41, 5.74) is 6.33. The van der Waals surface area contributed by atoms with Gasteiger partial charge in [0.1, 0.15) is 0 Å². The molecule has 1 aromatic rings. The molecule has 1 aromatic carbocycles. The highest BCUT2D eigenvalue weighted by Gasteiger charge is 2.21. The molecule has 1 unspecified atom stereocenters. The third-order valence-corrected chi connectivity index (χ3v) is 4.83. The number of carbonyl (C=O) groups excluding carboxylic acids is 1. The molecule has 1 fully saturated rings. The van der Waals surface area contributed by atoms with Crippen LogP contribution in [0.5, 0.6) is 0 Å². The van der Waals surface area contributed by atoms with E-state index in [4.69, 9.17) is 10.5 Å². The highest BCUT2D eigenvalue weighted by molar-refractivity contribution is 9.11. The summed E-state index contributed by atoms with van der Waals surface area (Å²) in [5.74, 6) is -0.0589. The zero-order valence-corrected chi connectivity index (χ0v) is 16.0. The molecule has 1 aliphatic rings. The lowest BCUT2D eigenvalue weighted by Crippen LogP contribution is -2.48. The van der Waals surface area contributed by atoms with Gasteiger partial charge in [-0.2, -0.15) is 0 Å². The molecule has 0 aromatic heterocycles. The average molecular weight is 486 g/mol. The highest BCUT2D eigenvalue weighted by Crippen LogP contribution is 2.34. The Morgan fingerprint density at radius 1 is 1.38 bits per heavy atom. The van der Waals surface area contributed by atoms with Crippen molar-refractivity contribution in [3.8, 4) is 0 Å². The molecule has 2 rings (SSSR count). The Bertz CT molecular complexity index is 504. The molecular weight excluding hydrogens is 470 g/mol. The minimum absolute atomic E-state index is 0.0118. The minimum Gasteiger partial charge on any atom is -0.374 e. The molecule has 8 heteroatoms. The normalized spacial score (nSPS) is 19.5. The number of nitrogens with zero attached hydrogens (tertiary/aromatic N) is 1. The molecule has 3 N–H and O–H groups in total. The van der Waals surface area contributed by atoms with Gasteiger partial charge in [0.25, 0.3) is 0 Å². The molecule has 5 nitrogen and oxygen atoms in total. The lowest BCUT2D eigenvalue weighted by molar-refractivity contribution is -0.119. The first-order chi connectivity index (χ1) is 9.99. The van der Waals surface area contributed by atoms with Crippen molar-refractivity contribution in [2.45, 2.75) is 6.10 Å². The van der Waals surface area contributed by atoms with Gasteiger partial charge >= 0.3 is 0 Å². The zero-order valence-electron chi connectivity index (χ0n) is 11.2. The van der Waals surface area contributed by atoms with Gasteiger partial charge in [-0.3, -0.25) is 9.69 Å². The summed E-state index contributed by atoms with van der Waals surface area (Å²) in [5, 5.41) is 2.92. The summed E-state index contributed by atoms with van der Waals surface area (Å²) >= 11 is 10.3. The second-order valence-corrected chi connectivity index (χ2v) is 7.38. The minimum atomic E-state index is -0.0589. The van der Waals surface area contributed by atoms with Crippen molar-refractivity contribution < 1.29 is 9.53 Å². The molecule has 0 bridgehead atoms. The first-order valence-electron chi connectivity index (χ1n) is 6.48. The second-order valence-electron chi connectivity index (χ2n) is 4.76. The van der Waals surface area contributed by atoms with Crippen molar-refractivity contribution in [2.75, 3.05) is 38.1 Å². The largest absolute Gasteiger partial charge is 0.374 e. The number of rotatable bonds is 4. The molecule has 0 radical (unpaired) electrons. The molecule has 1 amide bonds. The molecule has 21 heavy (non-hydrogen) atoms. The molecule has 0 saturated carbocycles.